The van der Waals surface area contributed by atoms with E-state index in [-0.39, 0.29) is 6.04 Å². The van der Waals surface area contributed by atoms with Crippen molar-refractivity contribution in [2.24, 2.45) is 5.92 Å². The first kappa shape index (κ1) is 12.5. The average molecular weight is 289 g/mol. The Kier molecular flexibility index (Phi) is 3.11. The predicted octanol–water partition coefficient (Wildman–Crippen LogP) is 3.27. The lowest BCUT2D eigenvalue weighted by Gasteiger charge is -2.20. The molecular formula is C15H19N3OS. The van der Waals surface area contributed by atoms with Crippen LogP contribution in [0.4, 0.5) is 0 Å². The van der Waals surface area contributed by atoms with Crippen LogP contribution < -0.4 is 5.32 Å². The van der Waals surface area contributed by atoms with E-state index < -0.39 is 0 Å². The first-order valence-corrected chi connectivity index (χ1v) is 8.32. The van der Waals surface area contributed by atoms with E-state index in [4.69, 9.17) is 9.51 Å². The van der Waals surface area contributed by atoms with Crippen LogP contribution >= 0.6 is 11.3 Å². The summed E-state index contributed by atoms with van der Waals surface area (Å²) in [7, 11) is 0. The Morgan fingerprint density at radius 1 is 1.40 bits per heavy atom. The van der Waals surface area contributed by atoms with Crippen molar-refractivity contribution < 1.29 is 4.52 Å². The molecule has 20 heavy (non-hydrogen) atoms. The first-order valence-electron chi connectivity index (χ1n) is 7.44. The fourth-order valence-corrected chi connectivity index (χ4v) is 4.36. The number of hydrogen-bond donors (Lipinski definition) is 1. The molecule has 0 amide bonds. The van der Waals surface area contributed by atoms with Gasteiger partial charge < -0.3 is 9.84 Å². The van der Waals surface area contributed by atoms with Crippen molar-refractivity contribution in [3.05, 3.63) is 33.6 Å². The molecule has 4 nitrogen and oxygen atoms in total. The summed E-state index contributed by atoms with van der Waals surface area (Å²) in [6.07, 6.45) is 4.78. The number of rotatable bonds is 2. The summed E-state index contributed by atoms with van der Waals surface area (Å²) >= 11 is 1.83. The molecule has 1 fully saturated rings. The Labute approximate surface area is 122 Å². The smallest absolute Gasteiger partial charge is 0.248 e. The largest absolute Gasteiger partial charge is 0.337 e. The maximum absolute atomic E-state index is 5.56. The van der Waals surface area contributed by atoms with Gasteiger partial charge >= 0.3 is 0 Å². The first-order chi connectivity index (χ1) is 9.81. The van der Waals surface area contributed by atoms with Crippen molar-refractivity contribution in [3.63, 3.8) is 0 Å². The van der Waals surface area contributed by atoms with Crippen LogP contribution in [-0.4, -0.2) is 16.7 Å². The Morgan fingerprint density at radius 2 is 2.35 bits per heavy atom. The molecule has 1 aliphatic carbocycles. The van der Waals surface area contributed by atoms with Crippen LogP contribution in [0, 0.1) is 5.92 Å². The van der Waals surface area contributed by atoms with Gasteiger partial charge in [0.15, 0.2) is 5.82 Å². The Balaban J connectivity index is 1.60. The molecule has 0 bridgehead atoms. The molecule has 1 saturated carbocycles. The van der Waals surface area contributed by atoms with E-state index in [0.717, 1.165) is 30.6 Å². The van der Waals surface area contributed by atoms with E-state index in [1.165, 1.54) is 29.7 Å². The second kappa shape index (κ2) is 4.97. The van der Waals surface area contributed by atoms with E-state index in [2.05, 4.69) is 28.8 Å². The Hall–Kier alpha value is -1.20. The third-order valence-corrected chi connectivity index (χ3v) is 5.55. The second-order valence-corrected chi connectivity index (χ2v) is 7.04. The lowest BCUT2D eigenvalue weighted by atomic mass is 10.0. The molecule has 0 aromatic carbocycles. The molecule has 2 aromatic rings. The van der Waals surface area contributed by atoms with E-state index in [1.54, 1.807) is 0 Å². The van der Waals surface area contributed by atoms with Crippen molar-refractivity contribution in [2.75, 3.05) is 6.54 Å². The summed E-state index contributed by atoms with van der Waals surface area (Å²) in [6.45, 7) is 3.29. The van der Waals surface area contributed by atoms with Crippen molar-refractivity contribution >= 4 is 11.3 Å². The molecule has 1 N–H and O–H groups in total. The quantitative estimate of drug-likeness (QED) is 0.922. The standard InChI is InChI=1S/C15H19N3OS/c1-9-2-3-10(8-9)14-17-15(19-18-14)13-11-5-7-20-12(11)4-6-16-13/h5,7,9-10,13,16H,2-4,6,8H2,1H3. The highest BCUT2D eigenvalue weighted by Crippen LogP contribution is 2.37. The highest BCUT2D eigenvalue weighted by molar-refractivity contribution is 7.10. The summed E-state index contributed by atoms with van der Waals surface area (Å²) in [4.78, 5) is 6.14. The van der Waals surface area contributed by atoms with Crippen LogP contribution in [0.15, 0.2) is 16.0 Å². The molecule has 3 atom stereocenters. The van der Waals surface area contributed by atoms with Crippen molar-refractivity contribution in [3.8, 4) is 0 Å². The lowest BCUT2D eigenvalue weighted by Crippen LogP contribution is -2.29. The Bertz CT molecular complexity index is 606. The molecule has 106 valence electrons. The molecule has 1 aliphatic heterocycles. The summed E-state index contributed by atoms with van der Waals surface area (Å²) in [5.41, 5.74) is 1.32. The van der Waals surface area contributed by atoms with Crippen LogP contribution in [0.2, 0.25) is 0 Å². The van der Waals surface area contributed by atoms with Crippen LogP contribution in [0.3, 0.4) is 0 Å². The van der Waals surface area contributed by atoms with Gasteiger partial charge in [-0.05, 0) is 48.6 Å². The summed E-state index contributed by atoms with van der Waals surface area (Å²) < 4.78 is 5.56. The van der Waals surface area contributed by atoms with Gasteiger partial charge in [-0.15, -0.1) is 11.3 Å². The molecule has 0 spiro atoms. The minimum Gasteiger partial charge on any atom is -0.337 e. The van der Waals surface area contributed by atoms with E-state index in [1.807, 2.05) is 11.3 Å². The molecule has 2 aromatic heterocycles. The molecule has 5 heteroatoms. The van der Waals surface area contributed by atoms with Gasteiger partial charge in [0.2, 0.25) is 5.89 Å². The molecule has 2 aliphatic rings. The molecule has 0 radical (unpaired) electrons. The maximum atomic E-state index is 5.56. The number of hydrogen-bond acceptors (Lipinski definition) is 5. The zero-order chi connectivity index (χ0) is 13.5. The van der Waals surface area contributed by atoms with Gasteiger partial charge in [-0.25, -0.2) is 0 Å². The second-order valence-electron chi connectivity index (χ2n) is 6.04. The van der Waals surface area contributed by atoms with Crippen molar-refractivity contribution in [1.82, 2.24) is 15.5 Å². The molecular weight excluding hydrogens is 270 g/mol. The fraction of sp³-hybridized carbons (Fsp3) is 0.600. The normalized spacial score (nSPS) is 29.6. The Morgan fingerprint density at radius 3 is 3.20 bits per heavy atom. The number of thiophene rings is 1. The predicted molar refractivity (Wildman–Crippen MR) is 77.9 cm³/mol. The molecule has 3 heterocycles. The fourth-order valence-electron chi connectivity index (χ4n) is 3.44. The molecule has 3 unspecified atom stereocenters. The van der Waals surface area contributed by atoms with Gasteiger partial charge in [0, 0.05) is 17.3 Å². The zero-order valence-electron chi connectivity index (χ0n) is 11.6. The van der Waals surface area contributed by atoms with E-state index >= 15 is 0 Å². The van der Waals surface area contributed by atoms with E-state index in [9.17, 15) is 0 Å². The van der Waals surface area contributed by atoms with Crippen LogP contribution in [-0.2, 0) is 6.42 Å². The van der Waals surface area contributed by atoms with Crippen LogP contribution in [0.5, 0.6) is 0 Å². The van der Waals surface area contributed by atoms with Crippen molar-refractivity contribution in [1.29, 1.82) is 0 Å². The van der Waals surface area contributed by atoms with Crippen LogP contribution in [0.1, 0.15) is 60.3 Å². The lowest BCUT2D eigenvalue weighted by molar-refractivity contribution is 0.339. The van der Waals surface area contributed by atoms with Gasteiger partial charge in [0.05, 0.1) is 0 Å². The topological polar surface area (TPSA) is 51.0 Å². The van der Waals surface area contributed by atoms with Gasteiger partial charge in [-0.2, -0.15) is 4.98 Å². The minimum absolute atomic E-state index is 0.0880. The maximum Gasteiger partial charge on any atom is 0.248 e. The van der Waals surface area contributed by atoms with Gasteiger partial charge in [0.1, 0.15) is 6.04 Å². The highest BCUT2D eigenvalue weighted by Gasteiger charge is 2.30. The van der Waals surface area contributed by atoms with Crippen molar-refractivity contribution in [2.45, 2.75) is 44.6 Å². The number of nitrogens with zero attached hydrogens (tertiary/aromatic N) is 2. The average Bonchev–Trinajstić information content (AvgIpc) is 3.17. The number of aromatic nitrogens is 2. The third kappa shape index (κ3) is 2.09. The van der Waals surface area contributed by atoms with Gasteiger partial charge in [-0.3, -0.25) is 0 Å². The van der Waals surface area contributed by atoms with Gasteiger partial charge in [-0.1, -0.05) is 12.1 Å². The zero-order valence-corrected chi connectivity index (χ0v) is 12.4. The summed E-state index contributed by atoms with van der Waals surface area (Å²) in [5.74, 6) is 2.93. The van der Waals surface area contributed by atoms with Crippen LogP contribution in [0.25, 0.3) is 0 Å². The summed E-state index contributed by atoms with van der Waals surface area (Å²) in [5, 5.41) is 9.90. The van der Waals surface area contributed by atoms with Gasteiger partial charge in [0.25, 0.3) is 0 Å². The SMILES string of the molecule is CC1CCC(c2noc(C3NCCc4sccc43)n2)C1. The monoisotopic (exact) mass is 289 g/mol. The number of fused-ring (bicyclic) bond motifs is 1. The molecule has 0 saturated heterocycles. The number of nitrogens with one attached hydrogen (secondary N) is 1. The highest BCUT2D eigenvalue weighted by atomic mass is 32.1. The molecule has 4 rings (SSSR count). The summed E-state index contributed by atoms with van der Waals surface area (Å²) in [6, 6.07) is 2.27. The third-order valence-electron chi connectivity index (χ3n) is 4.56. The van der Waals surface area contributed by atoms with E-state index in [0.29, 0.717) is 5.92 Å². The minimum atomic E-state index is 0.0880.